The molecule has 0 unspecified atom stereocenters. The highest BCUT2D eigenvalue weighted by Gasteiger charge is 2.13. The first kappa shape index (κ1) is 17.4. The van der Waals surface area contributed by atoms with Crippen LogP contribution < -0.4 is 5.32 Å². The van der Waals surface area contributed by atoms with E-state index in [-0.39, 0.29) is 5.91 Å². The smallest absolute Gasteiger partial charge is 0.251 e. The van der Waals surface area contributed by atoms with Crippen molar-refractivity contribution in [2.45, 2.75) is 26.9 Å². The molecule has 2 aromatic carbocycles. The molecule has 0 aliphatic carbocycles. The number of halogens is 1. The zero-order chi connectivity index (χ0) is 17.8. The van der Waals surface area contributed by atoms with Crippen LogP contribution in [-0.2, 0) is 13.1 Å². The summed E-state index contributed by atoms with van der Waals surface area (Å²) in [5.74, 6) is -0.0814. The van der Waals surface area contributed by atoms with E-state index in [0.29, 0.717) is 12.1 Å². The normalized spacial score (nSPS) is 10.7. The number of carbonyl (C=O) groups excluding carboxylic acids is 1. The van der Waals surface area contributed by atoms with E-state index in [9.17, 15) is 4.79 Å². The van der Waals surface area contributed by atoms with Crippen LogP contribution in [0.3, 0.4) is 0 Å². The van der Waals surface area contributed by atoms with Gasteiger partial charge in [-0.3, -0.25) is 9.48 Å². The van der Waals surface area contributed by atoms with Crippen LogP contribution in [-0.4, -0.2) is 15.7 Å². The molecule has 0 fully saturated rings. The largest absolute Gasteiger partial charge is 0.348 e. The van der Waals surface area contributed by atoms with Crippen LogP contribution in [0.2, 0.25) is 0 Å². The van der Waals surface area contributed by atoms with Crippen LogP contribution in [0.1, 0.15) is 32.9 Å². The molecule has 0 aliphatic heterocycles. The van der Waals surface area contributed by atoms with Crippen LogP contribution >= 0.6 is 15.9 Å². The maximum Gasteiger partial charge on any atom is 0.251 e. The molecule has 4 nitrogen and oxygen atoms in total. The van der Waals surface area contributed by atoms with Crippen molar-refractivity contribution in [2.75, 3.05) is 0 Å². The molecule has 5 heteroatoms. The Kier molecular flexibility index (Phi) is 5.34. The molecule has 0 spiro atoms. The summed E-state index contributed by atoms with van der Waals surface area (Å²) in [6, 6.07) is 17.6. The fourth-order valence-electron chi connectivity index (χ4n) is 2.77. The molecule has 0 radical (unpaired) electrons. The average Bonchev–Trinajstić information content (AvgIpc) is 2.88. The number of carbonyl (C=O) groups is 1. The van der Waals surface area contributed by atoms with Gasteiger partial charge >= 0.3 is 0 Å². The van der Waals surface area contributed by atoms with Crippen molar-refractivity contribution in [3.8, 4) is 0 Å². The zero-order valence-electron chi connectivity index (χ0n) is 14.3. The number of hydrogen-bond donors (Lipinski definition) is 1. The number of rotatable bonds is 5. The van der Waals surface area contributed by atoms with Crippen LogP contribution in [0.5, 0.6) is 0 Å². The van der Waals surface area contributed by atoms with E-state index in [1.807, 2.05) is 48.9 Å². The van der Waals surface area contributed by atoms with Gasteiger partial charge in [0.2, 0.25) is 0 Å². The molecule has 3 aromatic rings. The number of nitrogens with zero attached hydrogens (tertiary/aromatic N) is 2. The maximum absolute atomic E-state index is 12.3. The molecule has 1 aromatic heterocycles. The van der Waals surface area contributed by atoms with Gasteiger partial charge in [0.15, 0.2) is 0 Å². The molecule has 3 rings (SSSR count). The molecule has 1 heterocycles. The molecule has 0 atom stereocenters. The van der Waals surface area contributed by atoms with E-state index >= 15 is 0 Å². The summed E-state index contributed by atoms with van der Waals surface area (Å²) in [5.41, 5.74) is 4.96. The lowest BCUT2D eigenvalue weighted by atomic mass is 10.1. The van der Waals surface area contributed by atoms with Gasteiger partial charge in [-0.25, -0.2) is 0 Å². The van der Waals surface area contributed by atoms with Crippen molar-refractivity contribution in [1.82, 2.24) is 15.1 Å². The molecule has 128 valence electrons. The van der Waals surface area contributed by atoms with Gasteiger partial charge in [-0.2, -0.15) is 5.10 Å². The SMILES string of the molecule is Cc1nn(Cc2ccccc2)c(C)c1CNC(=O)c1ccc(Br)cc1. The Bertz CT molecular complexity index is 870. The second-order valence-corrected chi connectivity index (χ2v) is 6.90. The van der Waals surface area contributed by atoms with Gasteiger partial charge in [0.05, 0.1) is 12.2 Å². The number of hydrogen-bond acceptors (Lipinski definition) is 2. The molecular formula is C20H20BrN3O. The van der Waals surface area contributed by atoms with Crippen molar-refractivity contribution in [2.24, 2.45) is 0 Å². The van der Waals surface area contributed by atoms with Gasteiger partial charge in [0, 0.05) is 27.8 Å². The summed E-state index contributed by atoms with van der Waals surface area (Å²) in [4.78, 5) is 12.3. The van der Waals surface area contributed by atoms with Gasteiger partial charge in [0.1, 0.15) is 0 Å². The summed E-state index contributed by atoms with van der Waals surface area (Å²) in [5, 5.41) is 7.61. The molecule has 1 N–H and O–H groups in total. The Hall–Kier alpha value is -2.40. The van der Waals surface area contributed by atoms with Gasteiger partial charge in [-0.1, -0.05) is 46.3 Å². The summed E-state index contributed by atoms with van der Waals surface area (Å²) in [6.45, 7) is 5.23. The van der Waals surface area contributed by atoms with Gasteiger partial charge in [0.25, 0.3) is 5.91 Å². The first-order valence-electron chi connectivity index (χ1n) is 8.15. The highest BCUT2D eigenvalue weighted by molar-refractivity contribution is 9.10. The Balaban J connectivity index is 1.70. The summed E-state index contributed by atoms with van der Waals surface area (Å²) < 4.78 is 2.95. The van der Waals surface area contributed by atoms with E-state index in [1.165, 1.54) is 5.56 Å². The van der Waals surface area contributed by atoms with Gasteiger partial charge < -0.3 is 5.32 Å². The van der Waals surface area contributed by atoms with E-state index in [2.05, 4.69) is 38.5 Å². The molecule has 0 aliphatic rings. The Morgan fingerprint density at radius 3 is 2.44 bits per heavy atom. The Morgan fingerprint density at radius 2 is 1.76 bits per heavy atom. The number of nitrogens with one attached hydrogen (secondary N) is 1. The highest BCUT2D eigenvalue weighted by Crippen LogP contribution is 2.15. The third-order valence-corrected chi connectivity index (χ3v) is 4.77. The lowest BCUT2D eigenvalue weighted by Crippen LogP contribution is -2.23. The van der Waals surface area contributed by atoms with Gasteiger partial charge in [-0.15, -0.1) is 0 Å². The lowest BCUT2D eigenvalue weighted by molar-refractivity contribution is 0.0951. The van der Waals surface area contributed by atoms with Crippen molar-refractivity contribution >= 4 is 21.8 Å². The predicted molar refractivity (Wildman–Crippen MR) is 103 cm³/mol. The molecular weight excluding hydrogens is 378 g/mol. The summed E-state index contributed by atoms with van der Waals surface area (Å²) in [7, 11) is 0. The van der Waals surface area contributed by atoms with Crippen molar-refractivity contribution in [3.05, 3.63) is 87.1 Å². The van der Waals surface area contributed by atoms with Crippen molar-refractivity contribution in [3.63, 3.8) is 0 Å². The Labute approximate surface area is 156 Å². The average molecular weight is 398 g/mol. The van der Waals surface area contributed by atoms with E-state index in [1.54, 1.807) is 12.1 Å². The third kappa shape index (κ3) is 4.17. The van der Waals surface area contributed by atoms with Crippen LogP contribution in [0, 0.1) is 13.8 Å². The van der Waals surface area contributed by atoms with Crippen LogP contribution in [0.15, 0.2) is 59.1 Å². The van der Waals surface area contributed by atoms with E-state index in [4.69, 9.17) is 0 Å². The quantitative estimate of drug-likeness (QED) is 0.699. The maximum atomic E-state index is 12.3. The van der Waals surface area contributed by atoms with Crippen molar-refractivity contribution < 1.29 is 4.79 Å². The standard InChI is InChI=1S/C20H20BrN3O/c1-14-19(12-22-20(25)17-8-10-18(21)11-9-17)15(2)24(23-14)13-16-6-4-3-5-7-16/h3-11H,12-13H2,1-2H3,(H,22,25). The molecule has 0 bridgehead atoms. The molecule has 0 saturated carbocycles. The fraction of sp³-hybridized carbons (Fsp3) is 0.200. The molecule has 1 amide bonds. The monoisotopic (exact) mass is 397 g/mol. The van der Waals surface area contributed by atoms with Crippen LogP contribution in [0.25, 0.3) is 0 Å². The molecule has 25 heavy (non-hydrogen) atoms. The van der Waals surface area contributed by atoms with Crippen LogP contribution in [0.4, 0.5) is 0 Å². The summed E-state index contributed by atoms with van der Waals surface area (Å²) in [6.07, 6.45) is 0. The fourth-order valence-corrected chi connectivity index (χ4v) is 3.04. The number of benzene rings is 2. The summed E-state index contributed by atoms with van der Waals surface area (Å²) >= 11 is 3.38. The second-order valence-electron chi connectivity index (χ2n) is 5.98. The minimum absolute atomic E-state index is 0.0814. The Morgan fingerprint density at radius 1 is 1.08 bits per heavy atom. The topological polar surface area (TPSA) is 46.9 Å². The highest BCUT2D eigenvalue weighted by atomic mass is 79.9. The van der Waals surface area contributed by atoms with Crippen molar-refractivity contribution in [1.29, 1.82) is 0 Å². The lowest BCUT2D eigenvalue weighted by Gasteiger charge is -2.07. The predicted octanol–water partition coefficient (Wildman–Crippen LogP) is 4.24. The first-order chi connectivity index (χ1) is 12.0. The van der Waals surface area contributed by atoms with E-state index in [0.717, 1.165) is 28.0 Å². The number of amides is 1. The minimum atomic E-state index is -0.0814. The van der Waals surface area contributed by atoms with Gasteiger partial charge in [-0.05, 0) is 43.7 Å². The van der Waals surface area contributed by atoms with E-state index < -0.39 is 0 Å². The zero-order valence-corrected chi connectivity index (χ0v) is 15.9. The third-order valence-electron chi connectivity index (χ3n) is 4.24. The second kappa shape index (κ2) is 7.66. The minimum Gasteiger partial charge on any atom is -0.348 e. The number of aryl methyl sites for hydroxylation is 1. The molecule has 0 saturated heterocycles. The number of aromatic nitrogens is 2. The first-order valence-corrected chi connectivity index (χ1v) is 8.94.